The molecule has 2 amide bonds. The van der Waals surface area contributed by atoms with Crippen molar-refractivity contribution >= 4 is 11.8 Å². The Labute approximate surface area is 137 Å². The number of ether oxygens (including phenoxy) is 1. The summed E-state index contributed by atoms with van der Waals surface area (Å²) in [5.41, 5.74) is 0.392. The van der Waals surface area contributed by atoms with Gasteiger partial charge in [0.2, 0.25) is 11.8 Å². The van der Waals surface area contributed by atoms with Crippen molar-refractivity contribution in [1.82, 2.24) is 10.2 Å². The van der Waals surface area contributed by atoms with Gasteiger partial charge in [-0.05, 0) is 36.0 Å². The number of hydrogen-bond acceptors (Lipinski definition) is 3. The maximum Gasteiger partial charge on any atom is 0.239 e. The molecule has 0 aromatic heterocycles. The molecule has 124 valence electrons. The molecule has 1 aliphatic heterocycles. The van der Waals surface area contributed by atoms with E-state index in [0.29, 0.717) is 13.1 Å². The number of hydrogen-bond donors (Lipinski definition) is 1. The highest BCUT2D eigenvalue weighted by atomic mass is 16.5. The van der Waals surface area contributed by atoms with Crippen LogP contribution < -0.4 is 10.1 Å². The monoisotopic (exact) mass is 316 g/mol. The Balaban J connectivity index is 1.91. The number of amides is 2. The van der Waals surface area contributed by atoms with E-state index < -0.39 is 5.41 Å². The Kier molecular flexibility index (Phi) is 3.82. The highest BCUT2D eigenvalue weighted by Crippen LogP contribution is 2.65. The minimum atomic E-state index is -0.524. The van der Waals surface area contributed by atoms with Crippen LogP contribution in [0.15, 0.2) is 24.3 Å². The van der Waals surface area contributed by atoms with Crippen molar-refractivity contribution in [3.8, 4) is 5.75 Å². The van der Waals surface area contributed by atoms with Gasteiger partial charge in [0.25, 0.3) is 0 Å². The third-order valence-electron chi connectivity index (χ3n) is 5.23. The van der Waals surface area contributed by atoms with Gasteiger partial charge in [-0.15, -0.1) is 0 Å². The van der Waals surface area contributed by atoms with Crippen molar-refractivity contribution in [1.29, 1.82) is 0 Å². The largest absolute Gasteiger partial charge is 0.497 e. The number of carbonyl (C=O) groups excluding carboxylic acids is 2. The number of nitrogens with zero attached hydrogens (tertiary/aromatic N) is 1. The molecule has 1 saturated heterocycles. The summed E-state index contributed by atoms with van der Waals surface area (Å²) in [7, 11) is 1.63. The number of nitrogens with one attached hydrogen (secondary N) is 1. The SMILES string of the molecule is COc1ccc([C@]2(C(=O)N3CCCNC(=O)C3)CC2(C)C)cc1. The second-order valence-corrected chi connectivity index (χ2v) is 7.12. The van der Waals surface area contributed by atoms with Crippen LogP contribution in [0.5, 0.6) is 5.75 Å². The lowest BCUT2D eigenvalue weighted by Gasteiger charge is -2.28. The molecule has 0 radical (unpaired) electrons. The molecule has 2 fully saturated rings. The first-order valence-electron chi connectivity index (χ1n) is 8.11. The maximum atomic E-state index is 13.3. The molecule has 3 rings (SSSR count). The van der Waals surface area contributed by atoms with Crippen LogP contribution in [-0.2, 0) is 15.0 Å². The average molecular weight is 316 g/mol. The van der Waals surface area contributed by atoms with Crippen molar-refractivity contribution in [2.75, 3.05) is 26.7 Å². The van der Waals surface area contributed by atoms with Crippen LogP contribution >= 0.6 is 0 Å². The molecule has 5 heteroatoms. The molecule has 5 nitrogen and oxygen atoms in total. The molecule has 1 aliphatic carbocycles. The number of benzene rings is 1. The van der Waals surface area contributed by atoms with Gasteiger partial charge in [-0.2, -0.15) is 0 Å². The quantitative estimate of drug-likeness (QED) is 0.923. The average Bonchev–Trinajstić information content (AvgIpc) is 3.19. The van der Waals surface area contributed by atoms with E-state index in [2.05, 4.69) is 19.2 Å². The highest BCUT2D eigenvalue weighted by molar-refractivity contribution is 5.95. The minimum Gasteiger partial charge on any atom is -0.497 e. The Bertz CT molecular complexity index is 624. The van der Waals surface area contributed by atoms with Crippen molar-refractivity contribution in [3.63, 3.8) is 0 Å². The van der Waals surface area contributed by atoms with Gasteiger partial charge in [0.15, 0.2) is 0 Å². The van der Waals surface area contributed by atoms with Crippen LogP contribution in [0, 0.1) is 5.41 Å². The molecule has 0 spiro atoms. The lowest BCUT2D eigenvalue weighted by molar-refractivity contribution is -0.138. The van der Waals surface area contributed by atoms with Crippen LogP contribution in [0.3, 0.4) is 0 Å². The van der Waals surface area contributed by atoms with Gasteiger partial charge in [0.05, 0.1) is 19.1 Å². The number of rotatable bonds is 3. The van der Waals surface area contributed by atoms with E-state index in [-0.39, 0.29) is 23.8 Å². The molecule has 1 saturated carbocycles. The van der Waals surface area contributed by atoms with Crippen molar-refractivity contribution in [2.24, 2.45) is 5.41 Å². The maximum absolute atomic E-state index is 13.3. The lowest BCUT2D eigenvalue weighted by Crippen LogP contribution is -2.44. The smallest absolute Gasteiger partial charge is 0.239 e. The van der Waals surface area contributed by atoms with Gasteiger partial charge < -0.3 is 15.0 Å². The molecule has 1 aromatic rings. The van der Waals surface area contributed by atoms with Gasteiger partial charge in [0.1, 0.15) is 5.75 Å². The summed E-state index contributed by atoms with van der Waals surface area (Å²) >= 11 is 0. The molecule has 2 aliphatic rings. The van der Waals surface area contributed by atoms with Gasteiger partial charge in [0, 0.05) is 13.1 Å². The zero-order valence-corrected chi connectivity index (χ0v) is 14.0. The summed E-state index contributed by atoms with van der Waals surface area (Å²) in [6.45, 7) is 5.67. The van der Waals surface area contributed by atoms with Crippen LogP contribution in [0.2, 0.25) is 0 Å². The first kappa shape index (κ1) is 15.8. The lowest BCUT2D eigenvalue weighted by atomic mass is 9.86. The van der Waals surface area contributed by atoms with Crippen LogP contribution in [-0.4, -0.2) is 43.5 Å². The zero-order valence-electron chi connectivity index (χ0n) is 14.0. The molecule has 0 bridgehead atoms. The molecule has 1 N–H and O–H groups in total. The summed E-state index contributed by atoms with van der Waals surface area (Å²) < 4.78 is 5.21. The van der Waals surface area contributed by atoms with E-state index in [0.717, 1.165) is 24.2 Å². The fourth-order valence-corrected chi connectivity index (χ4v) is 3.72. The second-order valence-electron chi connectivity index (χ2n) is 7.12. The van der Waals surface area contributed by atoms with Gasteiger partial charge in [-0.25, -0.2) is 0 Å². The summed E-state index contributed by atoms with van der Waals surface area (Å²) in [5.74, 6) is 0.785. The van der Waals surface area contributed by atoms with E-state index >= 15 is 0 Å². The van der Waals surface area contributed by atoms with E-state index in [1.807, 2.05) is 24.3 Å². The van der Waals surface area contributed by atoms with Crippen LogP contribution in [0.25, 0.3) is 0 Å². The minimum absolute atomic E-state index is 0.0702. The Morgan fingerprint density at radius 2 is 1.91 bits per heavy atom. The Morgan fingerprint density at radius 3 is 2.48 bits per heavy atom. The summed E-state index contributed by atoms with van der Waals surface area (Å²) in [4.78, 5) is 26.8. The Hall–Kier alpha value is -2.04. The topological polar surface area (TPSA) is 58.6 Å². The zero-order chi connectivity index (χ0) is 16.7. The van der Waals surface area contributed by atoms with E-state index in [1.54, 1.807) is 12.0 Å². The molecular weight excluding hydrogens is 292 g/mol. The van der Waals surface area contributed by atoms with Crippen LogP contribution in [0.1, 0.15) is 32.3 Å². The molecule has 1 atom stereocenters. The first-order chi connectivity index (χ1) is 10.9. The third kappa shape index (κ3) is 2.58. The molecule has 0 unspecified atom stereocenters. The fourth-order valence-electron chi connectivity index (χ4n) is 3.72. The van der Waals surface area contributed by atoms with Gasteiger partial charge in [-0.3, -0.25) is 9.59 Å². The molecule has 1 aromatic carbocycles. The third-order valence-corrected chi connectivity index (χ3v) is 5.23. The number of methoxy groups -OCH3 is 1. The molecular formula is C18H24N2O3. The predicted molar refractivity (Wildman–Crippen MR) is 87.3 cm³/mol. The van der Waals surface area contributed by atoms with Crippen molar-refractivity contribution in [3.05, 3.63) is 29.8 Å². The van der Waals surface area contributed by atoms with Gasteiger partial charge in [-0.1, -0.05) is 26.0 Å². The van der Waals surface area contributed by atoms with Gasteiger partial charge >= 0.3 is 0 Å². The summed E-state index contributed by atoms with van der Waals surface area (Å²) in [6.07, 6.45) is 1.61. The van der Waals surface area contributed by atoms with Crippen molar-refractivity contribution in [2.45, 2.75) is 32.1 Å². The predicted octanol–water partition coefficient (Wildman–Crippen LogP) is 1.71. The fraction of sp³-hybridized carbons (Fsp3) is 0.556. The highest BCUT2D eigenvalue weighted by Gasteiger charge is 2.68. The number of carbonyl (C=O) groups is 2. The first-order valence-corrected chi connectivity index (χ1v) is 8.11. The summed E-state index contributed by atoms with van der Waals surface area (Å²) in [6, 6.07) is 7.74. The summed E-state index contributed by atoms with van der Waals surface area (Å²) in [5, 5.41) is 2.83. The molecule has 1 heterocycles. The normalized spacial score (nSPS) is 26.2. The van der Waals surface area contributed by atoms with E-state index in [9.17, 15) is 9.59 Å². The van der Waals surface area contributed by atoms with E-state index in [4.69, 9.17) is 4.74 Å². The van der Waals surface area contributed by atoms with E-state index in [1.165, 1.54) is 0 Å². The second kappa shape index (κ2) is 5.55. The van der Waals surface area contributed by atoms with Crippen LogP contribution in [0.4, 0.5) is 0 Å². The van der Waals surface area contributed by atoms with Crippen molar-refractivity contribution < 1.29 is 14.3 Å². The molecule has 23 heavy (non-hydrogen) atoms. The Morgan fingerprint density at radius 1 is 1.26 bits per heavy atom. The standard InChI is InChI=1S/C18H24N2O3/c1-17(2)12-18(17,13-5-7-14(23-3)8-6-13)16(22)20-10-4-9-19-15(21)11-20/h5-8H,4,9-12H2,1-3H3,(H,19,21)/t18-/m0/s1.